The minimum absolute atomic E-state index is 0.0115. The standard InChI is InChI=1S/C20H38O2/c1-4-5-6-7-8-9-10-11-12-13-14-17-20(21)22-18-15-16-19(2)3/h7-8,19H,4-6,9-18H2,1-3H3/b8-7-. The zero-order chi connectivity index (χ0) is 16.5. The van der Waals surface area contributed by atoms with Crippen LogP contribution in [0.5, 0.6) is 0 Å². The molecule has 0 heterocycles. The number of hydrogen-bond acceptors (Lipinski definition) is 2. The second-order valence-electron chi connectivity index (χ2n) is 6.68. The molecule has 0 spiro atoms. The minimum Gasteiger partial charge on any atom is -0.466 e. The zero-order valence-electron chi connectivity index (χ0n) is 15.2. The Labute approximate surface area is 138 Å². The van der Waals surface area contributed by atoms with Gasteiger partial charge in [-0.2, -0.15) is 0 Å². The highest BCUT2D eigenvalue weighted by Gasteiger charge is 2.02. The van der Waals surface area contributed by atoms with Crippen molar-refractivity contribution in [1.82, 2.24) is 0 Å². The third-order valence-corrected chi connectivity index (χ3v) is 3.83. The summed E-state index contributed by atoms with van der Waals surface area (Å²) in [6, 6.07) is 0. The van der Waals surface area contributed by atoms with Gasteiger partial charge in [-0.05, 0) is 44.4 Å². The summed E-state index contributed by atoms with van der Waals surface area (Å²) in [4.78, 5) is 11.5. The van der Waals surface area contributed by atoms with E-state index in [2.05, 4.69) is 32.9 Å². The van der Waals surface area contributed by atoms with Crippen molar-refractivity contribution in [3.05, 3.63) is 12.2 Å². The summed E-state index contributed by atoms with van der Waals surface area (Å²) in [5.41, 5.74) is 0. The van der Waals surface area contributed by atoms with Crippen molar-refractivity contribution >= 4 is 5.97 Å². The molecule has 0 aromatic carbocycles. The Morgan fingerprint density at radius 1 is 0.909 bits per heavy atom. The number of unbranched alkanes of at least 4 members (excludes halogenated alkanes) is 7. The van der Waals surface area contributed by atoms with Crippen molar-refractivity contribution in [1.29, 1.82) is 0 Å². The summed E-state index contributed by atoms with van der Waals surface area (Å²) >= 11 is 0. The number of carbonyl (C=O) groups is 1. The maximum Gasteiger partial charge on any atom is 0.305 e. The van der Waals surface area contributed by atoms with Crippen molar-refractivity contribution in [2.24, 2.45) is 5.92 Å². The van der Waals surface area contributed by atoms with Crippen LogP contribution in [0, 0.1) is 5.92 Å². The van der Waals surface area contributed by atoms with E-state index in [-0.39, 0.29) is 5.97 Å². The molecule has 0 amide bonds. The summed E-state index contributed by atoms with van der Waals surface area (Å²) in [5.74, 6) is 0.683. The molecule has 0 aliphatic carbocycles. The van der Waals surface area contributed by atoms with Gasteiger partial charge in [-0.25, -0.2) is 0 Å². The maximum atomic E-state index is 11.5. The predicted octanol–water partition coefficient (Wildman–Crippen LogP) is 6.44. The Balaban J connectivity index is 3.21. The second kappa shape index (κ2) is 16.6. The van der Waals surface area contributed by atoms with Gasteiger partial charge in [0.15, 0.2) is 0 Å². The fourth-order valence-electron chi connectivity index (χ4n) is 2.37. The SMILES string of the molecule is CCCC/C=C\CCCCCCCC(=O)OCCCC(C)C. The molecule has 2 heteroatoms. The van der Waals surface area contributed by atoms with E-state index in [1.54, 1.807) is 0 Å². The molecule has 0 aromatic rings. The van der Waals surface area contributed by atoms with E-state index in [9.17, 15) is 4.79 Å². The molecule has 130 valence electrons. The monoisotopic (exact) mass is 310 g/mol. The normalized spacial score (nSPS) is 11.5. The Hall–Kier alpha value is -0.790. The van der Waals surface area contributed by atoms with Crippen molar-refractivity contribution in [3.8, 4) is 0 Å². The fourth-order valence-corrected chi connectivity index (χ4v) is 2.37. The molecule has 0 rings (SSSR count). The number of esters is 1. The van der Waals surface area contributed by atoms with Gasteiger partial charge >= 0.3 is 5.97 Å². The van der Waals surface area contributed by atoms with Crippen LogP contribution in [0.15, 0.2) is 12.2 Å². The summed E-state index contributed by atoms with van der Waals surface area (Å²) in [6.45, 7) is 7.22. The molecule has 0 atom stereocenters. The van der Waals surface area contributed by atoms with E-state index in [1.807, 2.05) is 0 Å². The summed E-state index contributed by atoms with van der Waals surface area (Å²) in [5, 5.41) is 0. The van der Waals surface area contributed by atoms with Crippen LogP contribution in [0.2, 0.25) is 0 Å². The van der Waals surface area contributed by atoms with Gasteiger partial charge in [0.2, 0.25) is 0 Å². The first-order chi connectivity index (χ1) is 10.7. The molecule has 0 aromatic heterocycles. The number of carbonyl (C=O) groups excluding carboxylic acids is 1. The van der Waals surface area contributed by atoms with Crippen LogP contribution in [0.3, 0.4) is 0 Å². The molecule has 0 fully saturated rings. The lowest BCUT2D eigenvalue weighted by Gasteiger charge is -2.06. The third-order valence-electron chi connectivity index (χ3n) is 3.83. The van der Waals surface area contributed by atoms with E-state index in [0.29, 0.717) is 18.9 Å². The summed E-state index contributed by atoms with van der Waals surface area (Å²) in [7, 11) is 0. The first kappa shape index (κ1) is 21.2. The third kappa shape index (κ3) is 17.3. The Morgan fingerprint density at radius 2 is 1.55 bits per heavy atom. The molecule has 0 unspecified atom stereocenters. The first-order valence-electron chi connectivity index (χ1n) is 9.47. The first-order valence-corrected chi connectivity index (χ1v) is 9.47. The van der Waals surface area contributed by atoms with Gasteiger partial charge in [0.25, 0.3) is 0 Å². The van der Waals surface area contributed by atoms with E-state index in [1.165, 1.54) is 44.9 Å². The highest BCUT2D eigenvalue weighted by molar-refractivity contribution is 5.69. The fraction of sp³-hybridized carbons (Fsp3) is 0.850. The second-order valence-corrected chi connectivity index (χ2v) is 6.68. The average Bonchev–Trinajstić information content (AvgIpc) is 2.49. The van der Waals surface area contributed by atoms with Gasteiger partial charge in [0, 0.05) is 6.42 Å². The Bertz CT molecular complexity index is 269. The number of ether oxygens (including phenoxy) is 1. The Kier molecular flexibility index (Phi) is 16.0. The van der Waals surface area contributed by atoms with Gasteiger partial charge in [-0.3, -0.25) is 4.79 Å². The van der Waals surface area contributed by atoms with Crippen LogP contribution >= 0.6 is 0 Å². The van der Waals surface area contributed by atoms with E-state index >= 15 is 0 Å². The summed E-state index contributed by atoms with van der Waals surface area (Å²) in [6.07, 6.45) is 18.3. The molecule has 0 aliphatic rings. The molecule has 0 saturated heterocycles. The smallest absolute Gasteiger partial charge is 0.305 e. The lowest BCUT2D eigenvalue weighted by Crippen LogP contribution is -2.06. The molecular weight excluding hydrogens is 272 g/mol. The highest BCUT2D eigenvalue weighted by atomic mass is 16.5. The van der Waals surface area contributed by atoms with Crippen molar-refractivity contribution in [3.63, 3.8) is 0 Å². The molecule has 0 bridgehead atoms. The van der Waals surface area contributed by atoms with Crippen LogP contribution in [-0.4, -0.2) is 12.6 Å². The molecule has 0 radical (unpaired) electrons. The minimum atomic E-state index is -0.0115. The van der Waals surface area contributed by atoms with Crippen LogP contribution in [0.1, 0.15) is 97.8 Å². The average molecular weight is 311 g/mol. The molecular formula is C20H38O2. The van der Waals surface area contributed by atoms with Gasteiger partial charge in [0.1, 0.15) is 0 Å². The Morgan fingerprint density at radius 3 is 2.23 bits per heavy atom. The van der Waals surface area contributed by atoms with Crippen LogP contribution in [-0.2, 0) is 9.53 Å². The van der Waals surface area contributed by atoms with Crippen LogP contribution in [0.25, 0.3) is 0 Å². The number of allylic oxidation sites excluding steroid dienone is 2. The zero-order valence-corrected chi connectivity index (χ0v) is 15.2. The molecule has 0 N–H and O–H groups in total. The molecule has 22 heavy (non-hydrogen) atoms. The quantitative estimate of drug-likeness (QED) is 0.197. The van der Waals surface area contributed by atoms with E-state index in [0.717, 1.165) is 25.7 Å². The van der Waals surface area contributed by atoms with E-state index < -0.39 is 0 Å². The van der Waals surface area contributed by atoms with E-state index in [4.69, 9.17) is 4.74 Å². The topological polar surface area (TPSA) is 26.3 Å². The van der Waals surface area contributed by atoms with Crippen molar-refractivity contribution in [2.75, 3.05) is 6.61 Å². The summed E-state index contributed by atoms with van der Waals surface area (Å²) < 4.78 is 5.24. The molecule has 2 nitrogen and oxygen atoms in total. The largest absolute Gasteiger partial charge is 0.466 e. The molecule has 0 saturated carbocycles. The highest BCUT2D eigenvalue weighted by Crippen LogP contribution is 2.09. The van der Waals surface area contributed by atoms with Crippen molar-refractivity contribution in [2.45, 2.75) is 97.8 Å². The van der Waals surface area contributed by atoms with Gasteiger partial charge in [-0.15, -0.1) is 0 Å². The predicted molar refractivity (Wildman–Crippen MR) is 96.0 cm³/mol. The lowest BCUT2D eigenvalue weighted by molar-refractivity contribution is -0.143. The van der Waals surface area contributed by atoms with Gasteiger partial charge in [0.05, 0.1) is 6.61 Å². The van der Waals surface area contributed by atoms with Crippen molar-refractivity contribution < 1.29 is 9.53 Å². The van der Waals surface area contributed by atoms with Gasteiger partial charge in [-0.1, -0.05) is 65.0 Å². The van der Waals surface area contributed by atoms with Gasteiger partial charge < -0.3 is 4.74 Å². The number of hydrogen-bond donors (Lipinski definition) is 0. The van der Waals surface area contributed by atoms with Crippen LogP contribution in [0.4, 0.5) is 0 Å². The number of rotatable bonds is 15. The maximum absolute atomic E-state index is 11.5. The van der Waals surface area contributed by atoms with Crippen LogP contribution < -0.4 is 0 Å². The molecule has 0 aliphatic heterocycles. The lowest BCUT2D eigenvalue weighted by atomic mass is 10.1.